The predicted molar refractivity (Wildman–Crippen MR) is 91.2 cm³/mol. The van der Waals surface area contributed by atoms with Crippen molar-refractivity contribution in [3.05, 3.63) is 22.2 Å². The van der Waals surface area contributed by atoms with Gasteiger partial charge in [-0.3, -0.25) is 0 Å². The lowest BCUT2D eigenvalue weighted by atomic mass is 10.1. The molecule has 1 unspecified atom stereocenters. The monoisotopic (exact) mass is 361 g/mol. The zero-order chi connectivity index (χ0) is 15.0. The molecule has 2 N–H and O–H groups in total. The molecule has 1 atom stereocenters. The van der Waals surface area contributed by atoms with Crippen LogP contribution >= 0.6 is 27.7 Å². The first-order valence-electron chi connectivity index (χ1n) is 6.91. The molecule has 1 rings (SSSR count). The number of halogens is 1. The molecule has 114 valence electrons. The van der Waals surface area contributed by atoms with E-state index in [2.05, 4.69) is 28.3 Å². The lowest BCUT2D eigenvalue weighted by Crippen LogP contribution is -2.17. The second kappa shape index (κ2) is 9.53. The van der Waals surface area contributed by atoms with Crippen LogP contribution in [0.25, 0.3) is 0 Å². The fourth-order valence-electron chi connectivity index (χ4n) is 1.89. The van der Waals surface area contributed by atoms with Crippen molar-refractivity contribution in [2.75, 3.05) is 25.2 Å². The van der Waals surface area contributed by atoms with E-state index in [1.165, 1.54) is 0 Å². The first-order chi connectivity index (χ1) is 9.58. The van der Waals surface area contributed by atoms with Crippen LogP contribution in [-0.2, 0) is 6.42 Å². The second-order valence-electron chi connectivity index (χ2n) is 4.71. The van der Waals surface area contributed by atoms with Crippen LogP contribution < -0.4 is 15.2 Å². The van der Waals surface area contributed by atoms with E-state index in [0.717, 1.165) is 40.1 Å². The molecular formula is C15H24BrNO2S. The molecule has 0 aliphatic carbocycles. The molecule has 0 spiro atoms. The Morgan fingerprint density at radius 3 is 2.70 bits per heavy atom. The Balaban J connectivity index is 2.85. The van der Waals surface area contributed by atoms with E-state index >= 15 is 0 Å². The van der Waals surface area contributed by atoms with Gasteiger partial charge in [0.15, 0.2) is 11.5 Å². The van der Waals surface area contributed by atoms with Crippen molar-refractivity contribution in [2.24, 2.45) is 5.73 Å². The van der Waals surface area contributed by atoms with E-state index in [-0.39, 0.29) is 6.04 Å². The summed E-state index contributed by atoms with van der Waals surface area (Å²) in [5, 5.41) is 0. The van der Waals surface area contributed by atoms with E-state index in [0.29, 0.717) is 13.2 Å². The molecule has 5 heteroatoms. The Morgan fingerprint density at radius 1 is 1.35 bits per heavy atom. The fraction of sp³-hybridized carbons (Fsp3) is 0.600. The molecule has 0 aromatic heterocycles. The average Bonchev–Trinajstić information content (AvgIpc) is 2.36. The third-order valence-electron chi connectivity index (χ3n) is 2.67. The van der Waals surface area contributed by atoms with E-state index < -0.39 is 0 Å². The van der Waals surface area contributed by atoms with Crippen LogP contribution in [0.1, 0.15) is 25.8 Å². The van der Waals surface area contributed by atoms with Gasteiger partial charge in [0.05, 0.1) is 17.7 Å². The molecule has 0 fully saturated rings. The summed E-state index contributed by atoms with van der Waals surface area (Å²) in [5.41, 5.74) is 7.02. The van der Waals surface area contributed by atoms with Gasteiger partial charge >= 0.3 is 0 Å². The Hall–Kier alpha value is -0.390. The largest absolute Gasteiger partial charge is 0.490 e. The maximum absolute atomic E-state index is 5.87. The number of benzene rings is 1. The van der Waals surface area contributed by atoms with E-state index in [1.54, 1.807) is 0 Å². The van der Waals surface area contributed by atoms with Crippen LogP contribution in [0, 0.1) is 0 Å². The van der Waals surface area contributed by atoms with Crippen molar-refractivity contribution in [3.63, 3.8) is 0 Å². The number of nitrogens with two attached hydrogens (primary N) is 1. The normalized spacial score (nSPS) is 12.2. The molecule has 3 nitrogen and oxygen atoms in total. The predicted octanol–water partition coefficient (Wildman–Crippen LogP) is 3.87. The molecule has 1 aromatic rings. The summed E-state index contributed by atoms with van der Waals surface area (Å²) in [4.78, 5) is 0. The van der Waals surface area contributed by atoms with E-state index in [9.17, 15) is 0 Å². The van der Waals surface area contributed by atoms with Gasteiger partial charge in [-0.25, -0.2) is 0 Å². The van der Waals surface area contributed by atoms with Crippen molar-refractivity contribution in [2.45, 2.75) is 32.7 Å². The van der Waals surface area contributed by atoms with Crippen molar-refractivity contribution < 1.29 is 9.47 Å². The highest BCUT2D eigenvalue weighted by Crippen LogP contribution is 2.37. The minimum absolute atomic E-state index is 0.129. The first kappa shape index (κ1) is 17.7. The Morgan fingerprint density at radius 2 is 2.10 bits per heavy atom. The smallest absolute Gasteiger partial charge is 0.175 e. The minimum Gasteiger partial charge on any atom is -0.490 e. The summed E-state index contributed by atoms with van der Waals surface area (Å²) in [5.74, 6) is 2.69. The molecule has 0 amide bonds. The Kier molecular flexibility index (Phi) is 8.41. The van der Waals surface area contributed by atoms with Crippen LogP contribution in [0.5, 0.6) is 11.5 Å². The lowest BCUT2D eigenvalue weighted by Gasteiger charge is -2.16. The third-order valence-corrected chi connectivity index (χ3v) is 3.95. The van der Waals surface area contributed by atoms with Gasteiger partial charge in [-0.05, 0) is 72.3 Å². The molecule has 0 aliphatic heterocycles. The van der Waals surface area contributed by atoms with Crippen LogP contribution in [0.3, 0.4) is 0 Å². The first-order valence-corrected chi connectivity index (χ1v) is 9.09. The Bertz CT molecular complexity index is 413. The molecule has 0 aliphatic rings. The lowest BCUT2D eigenvalue weighted by molar-refractivity contribution is 0.275. The number of rotatable bonds is 9. The molecule has 0 bridgehead atoms. The highest BCUT2D eigenvalue weighted by Gasteiger charge is 2.13. The molecule has 20 heavy (non-hydrogen) atoms. The highest BCUT2D eigenvalue weighted by molar-refractivity contribution is 9.10. The van der Waals surface area contributed by atoms with Crippen LogP contribution in [0.15, 0.2) is 16.6 Å². The van der Waals surface area contributed by atoms with Crippen LogP contribution in [0.2, 0.25) is 0 Å². The van der Waals surface area contributed by atoms with Crippen molar-refractivity contribution in [1.29, 1.82) is 0 Å². The fourth-order valence-corrected chi connectivity index (χ4v) is 2.90. The van der Waals surface area contributed by atoms with E-state index in [1.807, 2.05) is 31.7 Å². The number of hydrogen-bond donors (Lipinski definition) is 1. The quantitative estimate of drug-likeness (QED) is 0.678. The molecule has 0 saturated heterocycles. The van der Waals surface area contributed by atoms with Crippen LogP contribution in [0.4, 0.5) is 0 Å². The number of hydrogen-bond acceptors (Lipinski definition) is 4. The maximum atomic E-state index is 5.87. The van der Waals surface area contributed by atoms with E-state index in [4.69, 9.17) is 15.2 Å². The zero-order valence-corrected chi connectivity index (χ0v) is 14.9. The summed E-state index contributed by atoms with van der Waals surface area (Å²) in [6.45, 7) is 5.30. The van der Waals surface area contributed by atoms with Crippen molar-refractivity contribution in [3.8, 4) is 11.5 Å². The maximum Gasteiger partial charge on any atom is 0.175 e. The summed E-state index contributed by atoms with van der Waals surface area (Å²) >= 11 is 5.40. The van der Waals surface area contributed by atoms with Gasteiger partial charge < -0.3 is 15.2 Å². The number of ether oxygens (including phenoxy) is 2. The van der Waals surface area contributed by atoms with Crippen LogP contribution in [-0.4, -0.2) is 31.3 Å². The van der Waals surface area contributed by atoms with Gasteiger partial charge in [0.2, 0.25) is 0 Å². The van der Waals surface area contributed by atoms with Gasteiger partial charge in [0, 0.05) is 6.04 Å². The van der Waals surface area contributed by atoms with Crippen molar-refractivity contribution >= 4 is 27.7 Å². The summed E-state index contributed by atoms with van der Waals surface area (Å²) in [6, 6.07) is 4.22. The molecule has 0 radical (unpaired) electrons. The second-order valence-corrected chi connectivity index (χ2v) is 6.55. The average molecular weight is 362 g/mol. The summed E-state index contributed by atoms with van der Waals surface area (Å²) in [7, 11) is 0. The summed E-state index contributed by atoms with van der Waals surface area (Å²) < 4.78 is 12.5. The molecule has 0 saturated carbocycles. The van der Waals surface area contributed by atoms with Gasteiger partial charge in [0.25, 0.3) is 0 Å². The SMILES string of the molecule is CCOc1cc(CC(C)N)cc(Br)c1OCCCSC. The molecule has 0 heterocycles. The number of thioether (sulfide) groups is 1. The standard InChI is InChI=1S/C15H24BrNO2S/c1-4-18-14-10-12(8-11(2)17)9-13(16)15(14)19-6-5-7-20-3/h9-11H,4-8,17H2,1-3H3. The van der Waals surface area contributed by atoms with Gasteiger partial charge in [-0.2, -0.15) is 11.8 Å². The Labute approximate surface area is 134 Å². The highest BCUT2D eigenvalue weighted by atomic mass is 79.9. The zero-order valence-electron chi connectivity index (χ0n) is 12.4. The molecular weight excluding hydrogens is 338 g/mol. The summed E-state index contributed by atoms with van der Waals surface area (Å²) in [6.07, 6.45) is 3.95. The molecule has 1 aromatic carbocycles. The van der Waals surface area contributed by atoms with Gasteiger partial charge in [-0.15, -0.1) is 0 Å². The topological polar surface area (TPSA) is 44.5 Å². The third kappa shape index (κ3) is 5.94. The van der Waals surface area contributed by atoms with Gasteiger partial charge in [0.1, 0.15) is 0 Å². The minimum atomic E-state index is 0.129. The van der Waals surface area contributed by atoms with Crippen molar-refractivity contribution in [1.82, 2.24) is 0 Å². The van der Waals surface area contributed by atoms with Gasteiger partial charge in [-0.1, -0.05) is 0 Å².